The molecule has 1 spiro atoms. The molecule has 1 amide bonds. The van der Waals surface area contributed by atoms with Crippen molar-refractivity contribution >= 4 is 11.7 Å². The van der Waals surface area contributed by atoms with E-state index in [-0.39, 0.29) is 11.3 Å². The van der Waals surface area contributed by atoms with Gasteiger partial charge >= 0.3 is 0 Å². The summed E-state index contributed by atoms with van der Waals surface area (Å²) >= 11 is 0. The van der Waals surface area contributed by atoms with Gasteiger partial charge in [-0.15, -0.1) is 0 Å². The van der Waals surface area contributed by atoms with E-state index in [1.165, 1.54) is 0 Å². The molecule has 0 saturated carbocycles. The number of likely N-dealkylation sites (tertiary alicyclic amines) is 1. The molecule has 2 fully saturated rings. The van der Waals surface area contributed by atoms with Gasteiger partial charge in [-0.2, -0.15) is 5.26 Å². The first-order valence-electron chi connectivity index (χ1n) is 9.05. The minimum Gasteiger partial charge on any atom is -0.385 e. The highest BCUT2D eigenvalue weighted by atomic mass is 16.5. The molecular weight excluding hydrogens is 316 g/mol. The van der Waals surface area contributed by atoms with E-state index < -0.39 is 0 Å². The Morgan fingerprint density at radius 2 is 2.24 bits per heavy atom. The maximum absolute atomic E-state index is 12.3. The lowest BCUT2D eigenvalue weighted by atomic mass is 9.73. The first kappa shape index (κ1) is 17.7. The highest BCUT2D eigenvalue weighted by Gasteiger charge is 2.41. The highest BCUT2D eigenvalue weighted by molar-refractivity contribution is 5.77. The van der Waals surface area contributed by atoms with E-state index in [9.17, 15) is 4.79 Å². The zero-order valence-corrected chi connectivity index (χ0v) is 14.9. The molecule has 25 heavy (non-hydrogen) atoms. The van der Waals surface area contributed by atoms with Crippen molar-refractivity contribution in [1.29, 1.82) is 5.26 Å². The zero-order chi connectivity index (χ0) is 17.7. The van der Waals surface area contributed by atoms with Crippen molar-refractivity contribution in [3.05, 3.63) is 23.9 Å². The van der Waals surface area contributed by atoms with Crippen molar-refractivity contribution < 1.29 is 9.53 Å². The van der Waals surface area contributed by atoms with Crippen LogP contribution < -0.4 is 4.90 Å². The molecule has 2 saturated heterocycles. The van der Waals surface area contributed by atoms with Crippen LogP contribution in [-0.4, -0.2) is 55.7 Å². The summed E-state index contributed by atoms with van der Waals surface area (Å²) in [5.74, 6) is 1.14. The molecule has 0 N–H and O–H groups in total. The number of carbonyl (C=O) groups is 1. The van der Waals surface area contributed by atoms with Crippen molar-refractivity contribution in [1.82, 2.24) is 9.88 Å². The van der Waals surface area contributed by atoms with Crippen molar-refractivity contribution in [2.75, 3.05) is 44.8 Å². The molecular formula is C19H26N4O2. The molecule has 3 heterocycles. The summed E-state index contributed by atoms with van der Waals surface area (Å²) in [5, 5.41) is 9.08. The molecule has 6 heteroatoms. The van der Waals surface area contributed by atoms with E-state index in [2.05, 4.69) is 16.0 Å². The largest absolute Gasteiger partial charge is 0.385 e. The first-order chi connectivity index (χ1) is 12.2. The lowest BCUT2D eigenvalue weighted by Crippen LogP contribution is -2.54. The molecule has 2 aliphatic heterocycles. The Bertz CT molecular complexity index is 657. The van der Waals surface area contributed by atoms with Crippen LogP contribution in [0.2, 0.25) is 0 Å². The second-order valence-electron chi connectivity index (χ2n) is 7.18. The molecule has 1 unspecified atom stereocenters. The lowest BCUT2D eigenvalue weighted by molar-refractivity contribution is -0.138. The number of rotatable bonds is 5. The van der Waals surface area contributed by atoms with E-state index in [1.54, 1.807) is 13.2 Å². The van der Waals surface area contributed by atoms with Crippen LogP contribution in [0.4, 0.5) is 5.82 Å². The van der Waals surface area contributed by atoms with Gasteiger partial charge in [0.1, 0.15) is 17.6 Å². The predicted octanol–water partition coefficient (Wildman–Crippen LogP) is 2.20. The molecule has 0 aliphatic carbocycles. The van der Waals surface area contributed by atoms with Crippen molar-refractivity contribution in [2.45, 2.75) is 32.1 Å². The summed E-state index contributed by atoms with van der Waals surface area (Å²) in [6.07, 6.45) is 4.70. The maximum atomic E-state index is 12.3. The zero-order valence-electron chi connectivity index (χ0n) is 14.9. The number of methoxy groups -OCH3 is 1. The summed E-state index contributed by atoms with van der Waals surface area (Å²) < 4.78 is 5.12. The van der Waals surface area contributed by atoms with E-state index in [0.717, 1.165) is 57.7 Å². The number of ether oxygens (including phenoxy) is 1. The normalized spacial score (nSPS) is 23.8. The highest BCUT2D eigenvalue weighted by Crippen LogP contribution is 2.39. The monoisotopic (exact) mass is 342 g/mol. The van der Waals surface area contributed by atoms with Crippen molar-refractivity contribution in [2.24, 2.45) is 5.41 Å². The van der Waals surface area contributed by atoms with Crippen LogP contribution >= 0.6 is 0 Å². The average molecular weight is 342 g/mol. The molecule has 0 aromatic carbocycles. The Kier molecular flexibility index (Phi) is 5.54. The fourth-order valence-corrected chi connectivity index (χ4v) is 4.10. The molecule has 1 aromatic rings. The lowest BCUT2D eigenvalue weighted by Gasteiger charge is -2.48. The summed E-state index contributed by atoms with van der Waals surface area (Å²) in [7, 11) is 1.70. The van der Waals surface area contributed by atoms with Gasteiger partial charge in [-0.1, -0.05) is 6.07 Å². The van der Waals surface area contributed by atoms with Crippen LogP contribution in [0.5, 0.6) is 0 Å². The van der Waals surface area contributed by atoms with Gasteiger partial charge < -0.3 is 14.5 Å². The Morgan fingerprint density at radius 1 is 1.36 bits per heavy atom. The molecule has 3 rings (SSSR count). The summed E-state index contributed by atoms with van der Waals surface area (Å²) in [4.78, 5) is 21.0. The maximum Gasteiger partial charge on any atom is 0.222 e. The van der Waals surface area contributed by atoms with Gasteiger partial charge in [0.25, 0.3) is 0 Å². The van der Waals surface area contributed by atoms with Gasteiger partial charge in [0.2, 0.25) is 5.91 Å². The van der Waals surface area contributed by atoms with Gasteiger partial charge in [0, 0.05) is 51.7 Å². The van der Waals surface area contributed by atoms with Crippen LogP contribution in [0.1, 0.15) is 37.8 Å². The van der Waals surface area contributed by atoms with Gasteiger partial charge in [0.15, 0.2) is 0 Å². The van der Waals surface area contributed by atoms with Gasteiger partial charge in [-0.3, -0.25) is 4.79 Å². The fraction of sp³-hybridized carbons (Fsp3) is 0.632. The second-order valence-corrected chi connectivity index (χ2v) is 7.18. The van der Waals surface area contributed by atoms with Crippen molar-refractivity contribution in [3.8, 4) is 6.07 Å². The van der Waals surface area contributed by atoms with Crippen LogP contribution in [0.15, 0.2) is 18.2 Å². The van der Waals surface area contributed by atoms with Gasteiger partial charge in [-0.05, 0) is 37.8 Å². The topological polar surface area (TPSA) is 69.5 Å². The number of carbonyl (C=O) groups excluding carboxylic acids is 1. The van der Waals surface area contributed by atoms with E-state index in [4.69, 9.17) is 10.00 Å². The average Bonchev–Trinajstić information content (AvgIpc) is 2.65. The molecule has 0 radical (unpaired) electrons. The number of pyridine rings is 1. The van der Waals surface area contributed by atoms with E-state index >= 15 is 0 Å². The smallest absolute Gasteiger partial charge is 0.222 e. The number of nitriles is 1. The summed E-state index contributed by atoms with van der Waals surface area (Å²) in [5.41, 5.74) is 0.598. The first-order valence-corrected chi connectivity index (χ1v) is 9.05. The summed E-state index contributed by atoms with van der Waals surface area (Å²) in [6, 6.07) is 7.72. The molecule has 6 nitrogen and oxygen atoms in total. The number of hydrogen-bond acceptors (Lipinski definition) is 5. The second kappa shape index (κ2) is 7.83. The van der Waals surface area contributed by atoms with E-state index in [1.807, 2.05) is 17.0 Å². The third-order valence-corrected chi connectivity index (χ3v) is 5.36. The third kappa shape index (κ3) is 4.10. The van der Waals surface area contributed by atoms with E-state index in [0.29, 0.717) is 18.7 Å². The van der Waals surface area contributed by atoms with Gasteiger partial charge in [-0.25, -0.2) is 4.98 Å². The van der Waals surface area contributed by atoms with Crippen LogP contribution in [0.25, 0.3) is 0 Å². The molecule has 1 atom stereocenters. The van der Waals surface area contributed by atoms with Crippen LogP contribution in [0, 0.1) is 16.7 Å². The van der Waals surface area contributed by atoms with Gasteiger partial charge in [0.05, 0.1) is 0 Å². The molecule has 2 aliphatic rings. The SMILES string of the molecule is COCCCN1CC2(CCCN(c3cccc(C#N)n3)C2)CCC1=O. The molecule has 134 valence electrons. The minimum atomic E-state index is 0.142. The number of aromatic nitrogens is 1. The fourth-order valence-electron chi connectivity index (χ4n) is 4.10. The van der Waals surface area contributed by atoms with Crippen molar-refractivity contribution in [3.63, 3.8) is 0 Å². The third-order valence-electron chi connectivity index (χ3n) is 5.36. The summed E-state index contributed by atoms with van der Waals surface area (Å²) in [6.45, 7) is 4.15. The number of anilines is 1. The predicted molar refractivity (Wildman–Crippen MR) is 95.1 cm³/mol. The Balaban J connectivity index is 1.70. The Hall–Kier alpha value is -2.13. The standard InChI is InChI=1S/C19H26N4O2/c1-25-12-4-11-23-15-19(9-7-18(23)24)8-3-10-22(14-19)17-6-2-5-16(13-20)21-17/h2,5-6H,3-4,7-12,14-15H2,1H3. The Morgan fingerprint density at radius 3 is 3.04 bits per heavy atom. The van der Waals surface area contributed by atoms with Crippen LogP contribution in [0.3, 0.4) is 0 Å². The molecule has 1 aromatic heterocycles. The number of nitrogens with zero attached hydrogens (tertiary/aromatic N) is 4. The number of piperidine rings is 2. The minimum absolute atomic E-state index is 0.142. The Labute approximate surface area is 149 Å². The number of hydrogen-bond donors (Lipinski definition) is 0. The molecule has 0 bridgehead atoms. The van der Waals surface area contributed by atoms with Crippen LogP contribution in [-0.2, 0) is 9.53 Å². The number of amides is 1. The quantitative estimate of drug-likeness (QED) is 0.767.